The number of benzene rings is 2. The van der Waals surface area contributed by atoms with Gasteiger partial charge in [-0.25, -0.2) is 18.2 Å². The highest BCUT2D eigenvalue weighted by atomic mass is 32.1. The second kappa shape index (κ2) is 6.48. The molecule has 1 amide bonds. The van der Waals surface area contributed by atoms with Crippen LogP contribution in [0.15, 0.2) is 36.4 Å². The van der Waals surface area contributed by atoms with Gasteiger partial charge in [0, 0.05) is 18.8 Å². The molecule has 0 saturated carbocycles. The summed E-state index contributed by atoms with van der Waals surface area (Å²) in [6, 6.07) is 7.76. The Morgan fingerprint density at radius 1 is 1.17 bits per heavy atom. The molecule has 0 bridgehead atoms. The number of carbonyl (C=O) groups is 1. The minimum absolute atomic E-state index is 0.0690. The first-order chi connectivity index (χ1) is 11.4. The second-order valence-electron chi connectivity index (χ2n) is 5.12. The van der Waals surface area contributed by atoms with Crippen LogP contribution in [0.25, 0.3) is 10.2 Å². The zero-order chi connectivity index (χ0) is 17.3. The monoisotopic (exact) mass is 351 g/mol. The van der Waals surface area contributed by atoms with Gasteiger partial charge in [0.15, 0.2) is 16.8 Å². The van der Waals surface area contributed by atoms with E-state index >= 15 is 0 Å². The van der Waals surface area contributed by atoms with Crippen LogP contribution < -0.4 is 10.2 Å². The third kappa shape index (κ3) is 3.33. The van der Waals surface area contributed by atoms with E-state index < -0.39 is 23.4 Å². The number of amides is 1. The van der Waals surface area contributed by atoms with E-state index in [1.54, 1.807) is 24.1 Å². The summed E-state index contributed by atoms with van der Waals surface area (Å²) in [7, 11) is 1.64. The van der Waals surface area contributed by atoms with E-state index in [9.17, 15) is 18.0 Å². The van der Waals surface area contributed by atoms with Crippen molar-refractivity contribution in [3.8, 4) is 0 Å². The molecule has 0 fully saturated rings. The summed E-state index contributed by atoms with van der Waals surface area (Å²) >= 11 is 1.26. The fourth-order valence-corrected chi connectivity index (χ4v) is 3.06. The van der Waals surface area contributed by atoms with Crippen LogP contribution in [-0.2, 0) is 4.79 Å². The van der Waals surface area contributed by atoms with Gasteiger partial charge in [-0.1, -0.05) is 17.4 Å². The second-order valence-corrected chi connectivity index (χ2v) is 6.13. The lowest BCUT2D eigenvalue weighted by Crippen LogP contribution is -2.30. The molecule has 1 heterocycles. The van der Waals surface area contributed by atoms with Crippen LogP contribution in [-0.4, -0.2) is 24.5 Å². The van der Waals surface area contributed by atoms with Gasteiger partial charge in [-0.2, -0.15) is 0 Å². The van der Waals surface area contributed by atoms with Crippen LogP contribution in [0.3, 0.4) is 0 Å². The van der Waals surface area contributed by atoms with E-state index in [4.69, 9.17) is 0 Å². The number of fused-ring (bicyclic) bond motifs is 1. The Labute approximate surface area is 139 Å². The fourth-order valence-electron chi connectivity index (χ4n) is 2.12. The maximum absolute atomic E-state index is 13.7. The predicted molar refractivity (Wildman–Crippen MR) is 87.8 cm³/mol. The van der Waals surface area contributed by atoms with Gasteiger partial charge in [-0.15, -0.1) is 0 Å². The summed E-state index contributed by atoms with van der Waals surface area (Å²) in [6.45, 7) is -0.0690. The van der Waals surface area contributed by atoms with Gasteiger partial charge in [0.25, 0.3) is 0 Å². The average Bonchev–Trinajstić information content (AvgIpc) is 2.97. The quantitative estimate of drug-likeness (QED) is 0.778. The van der Waals surface area contributed by atoms with Crippen molar-refractivity contribution in [2.24, 2.45) is 0 Å². The standard InChI is InChI=1S/C16H12F3N3OS/c1-22(16-21-15-11(18)3-2-4-13(15)24-16)8-14(23)20-9-5-6-10(17)12(19)7-9/h2-7H,8H2,1H3,(H,20,23). The Morgan fingerprint density at radius 3 is 2.67 bits per heavy atom. The zero-order valence-electron chi connectivity index (χ0n) is 12.5. The largest absolute Gasteiger partial charge is 0.342 e. The number of anilines is 2. The van der Waals surface area contributed by atoms with Crippen molar-refractivity contribution in [3.63, 3.8) is 0 Å². The molecule has 0 aliphatic heterocycles. The van der Waals surface area contributed by atoms with E-state index in [0.29, 0.717) is 9.83 Å². The van der Waals surface area contributed by atoms with Crippen LogP contribution in [0.5, 0.6) is 0 Å². The predicted octanol–water partition coefficient (Wildman–Crippen LogP) is 3.79. The van der Waals surface area contributed by atoms with E-state index in [-0.39, 0.29) is 17.7 Å². The Bertz CT molecular complexity index is 913. The highest BCUT2D eigenvalue weighted by molar-refractivity contribution is 7.22. The molecule has 0 radical (unpaired) electrons. The van der Waals surface area contributed by atoms with Gasteiger partial charge >= 0.3 is 0 Å². The third-order valence-corrected chi connectivity index (χ3v) is 4.40. The molecule has 0 atom stereocenters. The van der Waals surface area contributed by atoms with Crippen molar-refractivity contribution in [3.05, 3.63) is 53.8 Å². The summed E-state index contributed by atoms with van der Waals surface area (Å²) in [5, 5.41) is 2.95. The van der Waals surface area contributed by atoms with Crippen molar-refractivity contribution < 1.29 is 18.0 Å². The van der Waals surface area contributed by atoms with Crippen molar-refractivity contribution in [2.45, 2.75) is 0 Å². The number of carbonyl (C=O) groups excluding carboxylic acids is 1. The molecule has 1 aromatic heterocycles. The summed E-state index contributed by atoms with van der Waals surface area (Å²) in [5.41, 5.74) is 0.410. The Kier molecular flexibility index (Phi) is 4.39. The molecule has 2 aromatic carbocycles. The molecule has 3 aromatic rings. The molecule has 124 valence electrons. The molecule has 0 saturated heterocycles. The third-order valence-electron chi connectivity index (χ3n) is 3.27. The molecule has 0 unspecified atom stereocenters. The molecule has 0 aliphatic rings. The van der Waals surface area contributed by atoms with Gasteiger partial charge in [-0.3, -0.25) is 4.79 Å². The zero-order valence-corrected chi connectivity index (χ0v) is 13.3. The van der Waals surface area contributed by atoms with Crippen molar-refractivity contribution in [1.82, 2.24) is 4.98 Å². The van der Waals surface area contributed by atoms with Gasteiger partial charge in [0.05, 0.1) is 11.2 Å². The number of likely N-dealkylation sites (N-methyl/N-ethyl adjacent to an activating group) is 1. The molecule has 24 heavy (non-hydrogen) atoms. The average molecular weight is 351 g/mol. The SMILES string of the molecule is CN(CC(=O)Nc1ccc(F)c(F)c1)c1nc2c(F)cccc2s1. The fraction of sp³-hybridized carbons (Fsp3) is 0.125. The summed E-state index contributed by atoms with van der Waals surface area (Å²) in [6.07, 6.45) is 0. The highest BCUT2D eigenvalue weighted by Gasteiger charge is 2.14. The lowest BCUT2D eigenvalue weighted by molar-refractivity contribution is -0.114. The smallest absolute Gasteiger partial charge is 0.243 e. The summed E-state index contributed by atoms with van der Waals surface area (Å²) in [4.78, 5) is 17.7. The molecule has 0 spiro atoms. The molecule has 3 rings (SSSR count). The lowest BCUT2D eigenvalue weighted by Gasteiger charge is -2.15. The van der Waals surface area contributed by atoms with Crippen LogP contribution in [0, 0.1) is 17.5 Å². The van der Waals surface area contributed by atoms with Crippen molar-refractivity contribution >= 4 is 38.3 Å². The van der Waals surface area contributed by atoms with E-state index in [2.05, 4.69) is 10.3 Å². The molecular formula is C16H12F3N3OS. The van der Waals surface area contributed by atoms with E-state index in [1.165, 1.54) is 23.5 Å². The van der Waals surface area contributed by atoms with Crippen LogP contribution in [0.2, 0.25) is 0 Å². The number of hydrogen-bond acceptors (Lipinski definition) is 4. The number of halogens is 3. The molecule has 1 N–H and O–H groups in total. The summed E-state index contributed by atoms with van der Waals surface area (Å²) in [5.74, 6) is -2.87. The topological polar surface area (TPSA) is 45.2 Å². The van der Waals surface area contributed by atoms with E-state index in [1.807, 2.05) is 0 Å². The van der Waals surface area contributed by atoms with Gasteiger partial charge < -0.3 is 10.2 Å². The Balaban J connectivity index is 1.70. The van der Waals surface area contributed by atoms with Crippen molar-refractivity contribution in [2.75, 3.05) is 23.8 Å². The Morgan fingerprint density at radius 2 is 1.96 bits per heavy atom. The minimum atomic E-state index is -1.04. The maximum atomic E-state index is 13.7. The van der Waals surface area contributed by atoms with Gasteiger partial charge in [0.2, 0.25) is 5.91 Å². The lowest BCUT2D eigenvalue weighted by atomic mass is 10.3. The number of rotatable bonds is 4. The highest BCUT2D eigenvalue weighted by Crippen LogP contribution is 2.29. The first-order valence-electron chi connectivity index (χ1n) is 6.95. The summed E-state index contributed by atoms with van der Waals surface area (Å²) < 4.78 is 40.3. The number of hydrogen-bond donors (Lipinski definition) is 1. The molecule has 0 aliphatic carbocycles. The van der Waals surface area contributed by atoms with Gasteiger partial charge in [0.1, 0.15) is 11.3 Å². The number of nitrogens with one attached hydrogen (secondary N) is 1. The first kappa shape index (κ1) is 16.3. The van der Waals surface area contributed by atoms with Gasteiger partial charge in [-0.05, 0) is 24.3 Å². The number of nitrogens with zero attached hydrogens (tertiary/aromatic N) is 2. The minimum Gasteiger partial charge on any atom is -0.342 e. The van der Waals surface area contributed by atoms with E-state index in [0.717, 1.165) is 12.1 Å². The number of thiazole rings is 1. The normalized spacial score (nSPS) is 10.8. The molecular weight excluding hydrogens is 339 g/mol. The number of aromatic nitrogens is 1. The van der Waals surface area contributed by atoms with Crippen LogP contribution in [0.4, 0.5) is 24.0 Å². The van der Waals surface area contributed by atoms with Crippen LogP contribution >= 0.6 is 11.3 Å². The number of para-hydroxylation sites is 1. The van der Waals surface area contributed by atoms with Crippen molar-refractivity contribution in [1.29, 1.82) is 0 Å². The Hall–Kier alpha value is -2.61. The maximum Gasteiger partial charge on any atom is 0.243 e. The molecule has 4 nitrogen and oxygen atoms in total. The first-order valence-corrected chi connectivity index (χ1v) is 7.77. The van der Waals surface area contributed by atoms with Crippen LogP contribution in [0.1, 0.15) is 0 Å². The molecule has 8 heteroatoms.